The Balaban J connectivity index is 0.000000258. The van der Waals surface area contributed by atoms with E-state index in [0.717, 1.165) is 85.2 Å². The second kappa shape index (κ2) is 36.5. The Bertz CT molecular complexity index is 3970. The molecule has 0 fully saturated rings. The number of unbranched alkanes of at least 4 members (excludes halogenated alkanes) is 8. The monoisotopic (exact) mass is 1360 g/mol. The zero-order valence-electron chi connectivity index (χ0n) is 57.7. The number of aromatic nitrogens is 4. The van der Waals surface area contributed by atoms with Gasteiger partial charge in [0, 0.05) is 75.6 Å². The van der Waals surface area contributed by atoms with E-state index in [-0.39, 0.29) is 48.1 Å². The Morgan fingerprint density at radius 3 is 1.21 bits per heavy atom. The molecule has 1 amide bonds. The molecule has 0 aliphatic rings. The van der Waals surface area contributed by atoms with Crippen LogP contribution in [-0.4, -0.2) is 83.9 Å². The van der Waals surface area contributed by atoms with Crippen LogP contribution in [-0.2, 0) is 38.1 Å². The summed E-state index contributed by atoms with van der Waals surface area (Å²) >= 11 is 2.85. The van der Waals surface area contributed by atoms with E-state index < -0.39 is 41.8 Å². The number of aliphatic hydroxyl groups is 1. The first kappa shape index (κ1) is 74.8. The van der Waals surface area contributed by atoms with E-state index in [1.165, 1.54) is 74.0 Å². The van der Waals surface area contributed by atoms with Crippen molar-refractivity contribution in [1.29, 1.82) is 0 Å². The van der Waals surface area contributed by atoms with Gasteiger partial charge in [0.15, 0.2) is 29.3 Å². The number of carboxylic acids is 2. The normalized spacial score (nSPS) is 12.7. The number of nitrogens with zero attached hydrogens (tertiary/aromatic N) is 4. The maximum Gasteiger partial charge on any atom is 0.329 e. The number of nitrogens with one attached hydrogen (secondary N) is 1. The van der Waals surface area contributed by atoms with Gasteiger partial charge in [-0.15, -0.1) is 22.7 Å². The van der Waals surface area contributed by atoms with Crippen molar-refractivity contribution in [3.05, 3.63) is 213 Å². The Hall–Kier alpha value is -9.03. The molecule has 0 spiro atoms. The standard InChI is InChI=1S/C45H51N3O6S.C36H42N2O4S/c1-5-6-7-8-12-25-54-36-21-19-31(20-22-36)35-28-46-42(47-29-35)33-17-15-30(16-18-33)26-34(27-37(49)38-23-24-39(55-38)45(2,3)4)43(51)48-40(44(52)53)41(50)32-13-10-9-11-14-32;1-5-6-7-8-9-20-42-30-16-14-26(15-17-30)29-23-37-34(38-24-29)27-12-10-25(11-13-27)21-28(35(40)41)22-31(39)32-18-19-33(43-32)36(2,3)4/h9-11,13-24,28-29,34,40-41,50H,5-8,12,25-27H2,1-4H3,(H,48,51)(H,52,53);10-19,23-24,28H,5-9,20-22H2,1-4H3,(H,40,41)/t34-,40-,41+;28-/m11/s1. The molecule has 0 saturated carbocycles. The zero-order chi connectivity index (χ0) is 70.2. The van der Waals surface area contributed by atoms with Crippen LogP contribution >= 0.6 is 22.7 Å². The fourth-order valence-corrected chi connectivity index (χ4v) is 13.0. The molecule has 0 aliphatic heterocycles. The third kappa shape index (κ3) is 22.5. The molecular formula is C81H93N5O10S2. The van der Waals surface area contributed by atoms with Gasteiger partial charge in [0.1, 0.15) is 17.6 Å². The lowest BCUT2D eigenvalue weighted by Crippen LogP contribution is -2.47. The molecule has 514 valence electrons. The minimum atomic E-state index is -1.61. The first-order valence-corrected chi connectivity index (χ1v) is 35.7. The number of carbonyl (C=O) groups excluding carboxylic acids is 3. The number of ketones is 2. The molecule has 0 saturated heterocycles. The van der Waals surface area contributed by atoms with Crippen molar-refractivity contribution in [2.24, 2.45) is 11.8 Å². The van der Waals surface area contributed by atoms with Crippen LogP contribution in [0.25, 0.3) is 45.0 Å². The molecule has 0 radical (unpaired) electrons. The smallest absolute Gasteiger partial charge is 0.329 e. The number of benzene rings is 5. The molecule has 9 aromatic rings. The molecule has 0 bridgehead atoms. The van der Waals surface area contributed by atoms with Crippen LogP contribution in [0.2, 0.25) is 0 Å². The Kier molecular flexibility index (Phi) is 27.9. The van der Waals surface area contributed by atoms with Gasteiger partial charge >= 0.3 is 11.9 Å². The zero-order valence-corrected chi connectivity index (χ0v) is 59.3. The molecule has 15 nitrogen and oxygen atoms in total. The Morgan fingerprint density at radius 1 is 0.449 bits per heavy atom. The number of carbonyl (C=O) groups is 5. The van der Waals surface area contributed by atoms with E-state index in [9.17, 15) is 39.3 Å². The van der Waals surface area contributed by atoms with Crippen LogP contribution in [0, 0.1) is 11.8 Å². The quantitative estimate of drug-likeness (QED) is 0.0217. The summed E-state index contributed by atoms with van der Waals surface area (Å²) in [4.78, 5) is 86.2. The molecule has 17 heteroatoms. The summed E-state index contributed by atoms with van der Waals surface area (Å²) in [6, 6.07) is 45.1. The van der Waals surface area contributed by atoms with Crippen LogP contribution in [0.15, 0.2) is 176 Å². The molecule has 0 unspecified atom stereocenters. The predicted octanol–water partition coefficient (Wildman–Crippen LogP) is 18.3. The number of aliphatic carboxylic acids is 2. The fourth-order valence-electron chi connectivity index (χ4n) is 11.0. The second-order valence-corrected chi connectivity index (χ2v) is 29.1. The summed E-state index contributed by atoms with van der Waals surface area (Å²) in [5, 5.41) is 33.3. The predicted molar refractivity (Wildman–Crippen MR) is 391 cm³/mol. The highest BCUT2D eigenvalue weighted by Crippen LogP contribution is 2.34. The van der Waals surface area contributed by atoms with E-state index in [2.05, 4.69) is 80.6 Å². The van der Waals surface area contributed by atoms with E-state index in [1.807, 2.05) is 128 Å². The van der Waals surface area contributed by atoms with Crippen molar-refractivity contribution in [3.8, 4) is 56.5 Å². The number of ether oxygens (including phenoxy) is 2. The largest absolute Gasteiger partial charge is 0.494 e. The van der Waals surface area contributed by atoms with Crippen LogP contribution in [0.1, 0.15) is 184 Å². The van der Waals surface area contributed by atoms with Gasteiger partial charge in [-0.05, 0) is 113 Å². The molecule has 4 atom stereocenters. The Morgan fingerprint density at radius 2 is 0.837 bits per heavy atom. The molecule has 0 aliphatic carbocycles. The number of hydrogen-bond acceptors (Lipinski definition) is 14. The first-order chi connectivity index (χ1) is 47.1. The number of hydrogen-bond donors (Lipinski definition) is 4. The fraction of sp³-hybridized carbons (Fsp3) is 0.370. The van der Waals surface area contributed by atoms with Gasteiger partial charge in [0.25, 0.3) is 0 Å². The second-order valence-electron chi connectivity index (χ2n) is 27.0. The summed E-state index contributed by atoms with van der Waals surface area (Å²) in [5.74, 6) is -2.17. The van der Waals surface area contributed by atoms with Crippen LogP contribution in [0.3, 0.4) is 0 Å². The summed E-state index contributed by atoms with van der Waals surface area (Å²) in [7, 11) is 0. The van der Waals surface area contributed by atoms with Gasteiger partial charge in [0.2, 0.25) is 5.91 Å². The summed E-state index contributed by atoms with van der Waals surface area (Å²) in [6.07, 6.45) is 18.0. The summed E-state index contributed by atoms with van der Waals surface area (Å²) < 4.78 is 11.8. The maximum atomic E-state index is 13.8. The lowest BCUT2D eigenvalue weighted by molar-refractivity contribution is -0.146. The average Bonchev–Trinajstić information content (AvgIpc) is 1.01. The number of aliphatic hydroxyl groups excluding tert-OH is 1. The van der Waals surface area contributed by atoms with Gasteiger partial charge in [-0.25, -0.2) is 24.7 Å². The third-order valence-electron chi connectivity index (χ3n) is 16.9. The van der Waals surface area contributed by atoms with Crippen molar-refractivity contribution in [1.82, 2.24) is 25.3 Å². The molecule has 98 heavy (non-hydrogen) atoms. The highest BCUT2D eigenvalue weighted by Gasteiger charge is 2.34. The molecule has 5 aromatic carbocycles. The van der Waals surface area contributed by atoms with Crippen LogP contribution < -0.4 is 14.8 Å². The van der Waals surface area contributed by atoms with Gasteiger partial charge in [-0.2, -0.15) is 0 Å². The highest BCUT2D eigenvalue weighted by molar-refractivity contribution is 7.14. The lowest BCUT2D eigenvalue weighted by Gasteiger charge is -2.24. The number of thiophene rings is 2. The first-order valence-electron chi connectivity index (χ1n) is 34.1. The van der Waals surface area contributed by atoms with Crippen LogP contribution in [0.5, 0.6) is 11.5 Å². The van der Waals surface area contributed by atoms with Crippen molar-refractivity contribution in [2.45, 2.75) is 168 Å². The SMILES string of the molecule is CCCCCCCOc1ccc(-c2cnc(-c3ccc(C[C@H](CC(=O)c4ccc(C(C)(C)C)s4)C(=O)N[C@@H](C(=O)O)[C@@H](O)c4ccccc4)cc3)nc2)cc1.CCCCCCCOc1ccc(-c2cnc(-c3ccc(C[C@H](CC(=O)c4ccc(C(C)(C)C)s4)C(=O)O)cc3)nc2)cc1. The van der Waals surface area contributed by atoms with E-state index >= 15 is 0 Å². The molecule has 4 aromatic heterocycles. The van der Waals surface area contributed by atoms with E-state index in [4.69, 9.17) is 9.47 Å². The van der Waals surface area contributed by atoms with Gasteiger partial charge < -0.3 is 30.1 Å². The van der Waals surface area contributed by atoms with Crippen molar-refractivity contribution >= 4 is 52.1 Å². The van der Waals surface area contributed by atoms with E-state index in [1.54, 1.807) is 48.8 Å². The summed E-state index contributed by atoms with van der Waals surface area (Å²) in [6.45, 7) is 18.4. The van der Waals surface area contributed by atoms with Crippen molar-refractivity contribution in [3.63, 3.8) is 0 Å². The summed E-state index contributed by atoms with van der Waals surface area (Å²) in [5.41, 5.74) is 7.21. The maximum absolute atomic E-state index is 13.8. The highest BCUT2D eigenvalue weighted by atomic mass is 32.1. The van der Waals surface area contributed by atoms with Gasteiger partial charge in [-0.3, -0.25) is 19.2 Å². The van der Waals surface area contributed by atoms with Crippen molar-refractivity contribution in [2.75, 3.05) is 13.2 Å². The topological polar surface area (TPSA) is 228 Å². The minimum Gasteiger partial charge on any atom is -0.494 e. The third-order valence-corrected chi connectivity index (χ3v) is 20.0. The Labute approximate surface area is 585 Å². The minimum absolute atomic E-state index is 0.0299. The van der Waals surface area contributed by atoms with E-state index in [0.29, 0.717) is 33.6 Å². The molecule has 4 heterocycles. The molecular weight excluding hydrogens is 1270 g/mol. The number of carboxylic acid groups (broad SMARTS) is 2. The lowest BCUT2D eigenvalue weighted by atomic mass is 9.91. The van der Waals surface area contributed by atoms with Crippen LogP contribution in [0.4, 0.5) is 0 Å². The number of Topliss-reactive ketones (excluding diaryl/α,β-unsaturated/α-hetero) is 2. The molecule has 4 N–H and O–H groups in total. The molecule has 9 rings (SSSR count). The van der Waals surface area contributed by atoms with Gasteiger partial charge in [0.05, 0.1) is 28.9 Å². The van der Waals surface area contributed by atoms with Gasteiger partial charge in [-0.1, -0.05) is 210 Å². The number of rotatable bonds is 34. The average molecular weight is 1360 g/mol. The number of amides is 1. The van der Waals surface area contributed by atoms with Crippen molar-refractivity contribution < 1.29 is 48.8 Å².